The number of anilines is 1. The minimum Gasteiger partial charge on any atom is -0.360 e. The van der Waals surface area contributed by atoms with Gasteiger partial charge in [0.15, 0.2) is 5.82 Å². The number of ether oxygens (including phenoxy) is 1. The number of likely N-dealkylation sites (tertiary alicyclic amines) is 1. The Balaban J connectivity index is 1.95. The first-order valence-corrected chi connectivity index (χ1v) is 15.8. The number of rotatable bonds is 9. The van der Waals surface area contributed by atoms with Crippen molar-refractivity contribution in [3.05, 3.63) is 16.8 Å². The molecule has 162 valence electrons. The van der Waals surface area contributed by atoms with E-state index in [2.05, 4.69) is 39.3 Å². The van der Waals surface area contributed by atoms with Crippen molar-refractivity contribution in [2.24, 2.45) is 0 Å². The molecule has 0 aliphatic carbocycles. The Labute approximate surface area is 178 Å². The first-order chi connectivity index (χ1) is 13.5. The standard InChI is InChI=1S/C18H30ClN5O3SSi/c1-28(25,26)22-18-16-17(24(21-18)13-27-9-10-29(2,3)4)14(11-15(19)20-16)12-23-7-5-6-8-23/h11H,5-10,12-13H2,1-4H3,(H,21,22). The van der Waals surface area contributed by atoms with Gasteiger partial charge in [0, 0.05) is 21.2 Å². The van der Waals surface area contributed by atoms with Gasteiger partial charge in [0.05, 0.1) is 11.8 Å². The van der Waals surface area contributed by atoms with Crippen molar-refractivity contribution in [1.82, 2.24) is 19.7 Å². The van der Waals surface area contributed by atoms with E-state index in [4.69, 9.17) is 16.3 Å². The number of nitrogens with one attached hydrogen (secondary N) is 1. The van der Waals surface area contributed by atoms with Crippen LogP contribution in [0.4, 0.5) is 5.82 Å². The van der Waals surface area contributed by atoms with Crippen molar-refractivity contribution in [3.63, 3.8) is 0 Å². The van der Waals surface area contributed by atoms with Gasteiger partial charge in [0.25, 0.3) is 0 Å². The van der Waals surface area contributed by atoms with E-state index in [-0.39, 0.29) is 12.5 Å². The highest BCUT2D eigenvalue weighted by Gasteiger charge is 2.22. The second-order valence-corrected chi connectivity index (χ2v) is 16.6. The van der Waals surface area contributed by atoms with Crippen LogP contribution in [-0.2, 0) is 28.0 Å². The number of hydrogen-bond donors (Lipinski definition) is 1. The van der Waals surface area contributed by atoms with Gasteiger partial charge in [-0.25, -0.2) is 18.1 Å². The molecule has 11 heteroatoms. The number of nitrogens with zero attached hydrogens (tertiary/aromatic N) is 4. The zero-order chi connectivity index (χ0) is 21.2. The normalized spacial score (nSPS) is 16.0. The lowest BCUT2D eigenvalue weighted by Gasteiger charge is -2.17. The van der Waals surface area contributed by atoms with Crippen molar-refractivity contribution in [1.29, 1.82) is 0 Å². The number of hydrogen-bond acceptors (Lipinski definition) is 6. The van der Waals surface area contributed by atoms with Gasteiger partial charge < -0.3 is 4.74 Å². The zero-order valence-corrected chi connectivity index (χ0v) is 20.1. The molecule has 2 aromatic heterocycles. The predicted molar refractivity (Wildman–Crippen MR) is 120 cm³/mol. The van der Waals surface area contributed by atoms with Gasteiger partial charge >= 0.3 is 0 Å². The van der Waals surface area contributed by atoms with Crippen LogP contribution in [0.15, 0.2) is 6.07 Å². The molecule has 0 amide bonds. The van der Waals surface area contributed by atoms with Crippen molar-refractivity contribution in [2.75, 3.05) is 30.7 Å². The predicted octanol–water partition coefficient (Wildman–Crippen LogP) is 3.36. The molecular weight excluding hydrogens is 430 g/mol. The lowest BCUT2D eigenvalue weighted by atomic mass is 10.2. The fourth-order valence-electron chi connectivity index (χ4n) is 3.40. The summed E-state index contributed by atoms with van der Waals surface area (Å²) < 4.78 is 33.7. The van der Waals surface area contributed by atoms with Crippen molar-refractivity contribution in [3.8, 4) is 0 Å². The largest absolute Gasteiger partial charge is 0.360 e. The van der Waals surface area contributed by atoms with Crippen LogP contribution in [0.2, 0.25) is 30.8 Å². The minimum atomic E-state index is -3.50. The topological polar surface area (TPSA) is 89.3 Å². The third-order valence-corrected chi connectivity index (χ3v) is 7.29. The maximum atomic E-state index is 11.8. The highest BCUT2D eigenvalue weighted by atomic mass is 35.5. The van der Waals surface area contributed by atoms with E-state index < -0.39 is 18.1 Å². The number of aromatic nitrogens is 3. The highest BCUT2D eigenvalue weighted by Crippen LogP contribution is 2.29. The molecule has 0 unspecified atom stereocenters. The molecule has 1 saturated heterocycles. The molecule has 1 aliphatic heterocycles. The molecule has 1 fully saturated rings. The SMILES string of the molecule is C[Si](C)(C)CCOCn1nc(NS(C)(=O)=O)c2nc(Cl)cc(CN3CCCC3)c21. The summed E-state index contributed by atoms with van der Waals surface area (Å²) in [6.07, 6.45) is 3.46. The summed E-state index contributed by atoms with van der Waals surface area (Å²) >= 11 is 6.27. The van der Waals surface area contributed by atoms with Crippen LogP contribution in [0.3, 0.4) is 0 Å². The van der Waals surface area contributed by atoms with Crippen LogP contribution >= 0.6 is 11.6 Å². The lowest BCUT2D eigenvalue weighted by Crippen LogP contribution is -2.22. The second-order valence-electron chi connectivity index (χ2n) is 8.85. The molecule has 0 bridgehead atoms. The third-order valence-electron chi connectivity index (χ3n) is 4.83. The molecule has 0 aromatic carbocycles. The van der Waals surface area contributed by atoms with Crippen LogP contribution in [0.25, 0.3) is 11.0 Å². The maximum absolute atomic E-state index is 11.8. The van der Waals surface area contributed by atoms with Gasteiger partial charge in [0.1, 0.15) is 17.4 Å². The molecule has 0 atom stereocenters. The van der Waals surface area contributed by atoms with Crippen LogP contribution in [0.5, 0.6) is 0 Å². The van der Waals surface area contributed by atoms with Crippen molar-refractivity contribution >= 4 is 46.5 Å². The first kappa shape index (κ1) is 22.5. The van der Waals surface area contributed by atoms with Gasteiger partial charge in [0.2, 0.25) is 10.0 Å². The Morgan fingerprint density at radius 3 is 2.59 bits per heavy atom. The molecule has 0 saturated carbocycles. The van der Waals surface area contributed by atoms with Gasteiger partial charge in [-0.2, -0.15) is 0 Å². The van der Waals surface area contributed by atoms with E-state index in [1.165, 1.54) is 12.8 Å². The van der Waals surface area contributed by atoms with Crippen molar-refractivity contribution < 1.29 is 13.2 Å². The molecule has 1 N–H and O–H groups in total. The minimum absolute atomic E-state index is 0.182. The van der Waals surface area contributed by atoms with Crippen molar-refractivity contribution in [2.45, 2.75) is 51.8 Å². The fraction of sp³-hybridized carbons (Fsp3) is 0.667. The summed E-state index contributed by atoms with van der Waals surface area (Å²) in [5.41, 5.74) is 2.19. The van der Waals surface area contributed by atoms with E-state index in [1.807, 2.05) is 6.07 Å². The van der Waals surface area contributed by atoms with Gasteiger partial charge in [-0.3, -0.25) is 9.62 Å². The van der Waals surface area contributed by atoms with Crippen LogP contribution in [0.1, 0.15) is 18.4 Å². The van der Waals surface area contributed by atoms with Crippen LogP contribution in [-0.4, -0.2) is 62.1 Å². The monoisotopic (exact) mass is 459 g/mol. The van der Waals surface area contributed by atoms with E-state index >= 15 is 0 Å². The number of halogens is 1. The molecule has 0 radical (unpaired) electrons. The Morgan fingerprint density at radius 1 is 1.28 bits per heavy atom. The Bertz CT molecular complexity index is 968. The summed E-state index contributed by atoms with van der Waals surface area (Å²) in [7, 11) is -4.70. The molecule has 0 spiro atoms. The zero-order valence-electron chi connectivity index (χ0n) is 17.5. The van der Waals surface area contributed by atoms with E-state index in [0.29, 0.717) is 17.3 Å². The Kier molecular flexibility index (Phi) is 6.89. The molecule has 29 heavy (non-hydrogen) atoms. The second kappa shape index (κ2) is 8.89. The summed E-state index contributed by atoms with van der Waals surface area (Å²) in [5, 5.41) is 4.78. The van der Waals surface area contributed by atoms with Gasteiger partial charge in [-0.05, 0) is 43.6 Å². The molecule has 3 heterocycles. The molecule has 1 aliphatic rings. The summed E-state index contributed by atoms with van der Waals surface area (Å²) in [4.78, 5) is 6.73. The molecule has 8 nitrogen and oxygen atoms in total. The number of pyridine rings is 1. The Hall–Kier alpha value is -1.20. The Morgan fingerprint density at radius 2 is 1.97 bits per heavy atom. The smallest absolute Gasteiger partial charge is 0.231 e. The lowest BCUT2D eigenvalue weighted by molar-refractivity contribution is 0.0817. The highest BCUT2D eigenvalue weighted by molar-refractivity contribution is 7.92. The van der Waals surface area contributed by atoms with E-state index in [9.17, 15) is 8.42 Å². The fourth-order valence-corrected chi connectivity index (χ4v) is 4.86. The maximum Gasteiger partial charge on any atom is 0.231 e. The molecular formula is C18H30ClN5O3SSi. The quantitative estimate of drug-likeness (QED) is 0.351. The summed E-state index contributed by atoms with van der Waals surface area (Å²) in [6.45, 7) is 10.6. The molecule has 3 rings (SSSR count). The summed E-state index contributed by atoms with van der Waals surface area (Å²) in [6, 6.07) is 2.89. The third kappa shape index (κ3) is 6.39. The van der Waals surface area contributed by atoms with Crippen LogP contribution < -0.4 is 4.72 Å². The first-order valence-electron chi connectivity index (χ1n) is 9.86. The summed E-state index contributed by atoms with van der Waals surface area (Å²) in [5.74, 6) is 0.182. The van der Waals surface area contributed by atoms with Crippen LogP contribution in [0, 0.1) is 0 Å². The van der Waals surface area contributed by atoms with Gasteiger partial charge in [-0.15, -0.1) is 5.10 Å². The van der Waals surface area contributed by atoms with E-state index in [1.54, 1.807) is 4.68 Å². The van der Waals surface area contributed by atoms with E-state index in [0.717, 1.165) is 43.0 Å². The number of sulfonamides is 1. The molecule has 2 aromatic rings. The van der Waals surface area contributed by atoms with Gasteiger partial charge in [-0.1, -0.05) is 31.2 Å². The average molecular weight is 460 g/mol. The number of fused-ring (bicyclic) bond motifs is 1. The average Bonchev–Trinajstić information content (AvgIpc) is 3.18.